The minimum Gasteiger partial charge on any atom is -0.379 e. The Morgan fingerprint density at radius 1 is 1.25 bits per heavy atom. The molecule has 2 aliphatic rings. The number of nitrogens with zero attached hydrogens (tertiary/aromatic N) is 3. The van der Waals surface area contributed by atoms with Crippen LogP contribution in [0.25, 0.3) is 0 Å². The largest absolute Gasteiger partial charge is 0.379 e. The Morgan fingerprint density at radius 2 is 2.00 bits per heavy atom. The summed E-state index contributed by atoms with van der Waals surface area (Å²) in [6.07, 6.45) is 6.47. The molecule has 1 N–H and O–H groups in total. The van der Waals surface area contributed by atoms with Crippen LogP contribution >= 0.6 is 0 Å². The van der Waals surface area contributed by atoms with E-state index in [-0.39, 0.29) is 5.91 Å². The lowest BCUT2D eigenvalue weighted by atomic mass is 9.96. The second-order valence-corrected chi connectivity index (χ2v) is 6.89. The van der Waals surface area contributed by atoms with E-state index in [1.54, 1.807) is 6.92 Å². The number of unbranched alkanes of at least 4 members (excludes halogenated alkanes) is 1. The molecule has 0 atom stereocenters. The molecule has 7 heteroatoms. The number of carbonyl (C=O) groups excluding carboxylic acids is 1. The van der Waals surface area contributed by atoms with Crippen molar-refractivity contribution >= 4 is 5.91 Å². The molecular weight excluding hydrogens is 308 g/mol. The Hall–Kier alpha value is -1.47. The molecule has 2 fully saturated rings. The zero-order valence-electron chi connectivity index (χ0n) is 14.6. The van der Waals surface area contributed by atoms with Gasteiger partial charge < -0.3 is 14.6 Å². The summed E-state index contributed by atoms with van der Waals surface area (Å²) >= 11 is 0. The van der Waals surface area contributed by atoms with Gasteiger partial charge in [-0.25, -0.2) is 0 Å². The summed E-state index contributed by atoms with van der Waals surface area (Å²) in [7, 11) is 0. The van der Waals surface area contributed by atoms with E-state index in [4.69, 9.17) is 9.26 Å². The fourth-order valence-electron chi connectivity index (χ4n) is 3.65. The molecule has 1 amide bonds. The van der Waals surface area contributed by atoms with E-state index >= 15 is 0 Å². The lowest BCUT2D eigenvalue weighted by Gasteiger charge is -2.27. The van der Waals surface area contributed by atoms with Crippen LogP contribution in [0.1, 0.15) is 56.7 Å². The van der Waals surface area contributed by atoms with Crippen LogP contribution < -0.4 is 5.32 Å². The summed E-state index contributed by atoms with van der Waals surface area (Å²) in [6.45, 7) is 6.50. The topological polar surface area (TPSA) is 80.5 Å². The van der Waals surface area contributed by atoms with Gasteiger partial charge in [0.1, 0.15) is 5.54 Å². The molecule has 0 unspecified atom stereocenters. The van der Waals surface area contributed by atoms with Gasteiger partial charge in [0.05, 0.1) is 13.2 Å². The molecule has 0 bridgehead atoms. The second-order valence-electron chi connectivity index (χ2n) is 6.89. The number of morpholine rings is 1. The van der Waals surface area contributed by atoms with Crippen LogP contribution in [0.3, 0.4) is 0 Å². The number of nitrogens with one attached hydrogen (secondary N) is 1. The first-order valence-corrected chi connectivity index (χ1v) is 9.10. The van der Waals surface area contributed by atoms with Crippen molar-refractivity contribution in [1.82, 2.24) is 20.4 Å². The van der Waals surface area contributed by atoms with Gasteiger partial charge in [0.25, 0.3) is 0 Å². The fourth-order valence-corrected chi connectivity index (χ4v) is 3.65. The van der Waals surface area contributed by atoms with Gasteiger partial charge in [-0.2, -0.15) is 4.98 Å². The first-order valence-electron chi connectivity index (χ1n) is 9.10. The number of aryl methyl sites for hydroxylation is 1. The molecule has 24 heavy (non-hydrogen) atoms. The third-order valence-electron chi connectivity index (χ3n) is 5.02. The molecule has 1 aromatic heterocycles. The van der Waals surface area contributed by atoms with Crippen molar-refractivity contribution in [2.24, 2.45) is 0 Å². The highest BCUT2D eigenvalue weighted by Crippen LogP contribution is 2.37. The lowest BCUT2D eigenvalue weighted by molar-refractivity contribution is -0.123. The summed E-state index contributed by atoms with van der Waals surface area (Å²) in [5, 5.41) is 7.26. The number of rotatable bonds is 7. The molecule has 1 aliphatic carbocycles. The van der Waals surface area contributed by atoms with Crippen LogP contribution in [0.15, 0.2) is 4.52 Å². The first kappa shape index (κ1) is 17.4. The molecule has 1 aliphatic heterocycles. The molecular formula is C17H28N4O3. The Morgan fingerprint density at radius 3 is 2.67 bits per heavy atom. The maximum Gasteiger partial charge on any atom is 0.223 e. The van der Waals surface area contributed by atoms with Gasteiger partial charge in [0, 0.05) is 26.4 Å². The van der Waals surface area contributed by atoms with Crippen molar-refractivity contribution in [3.05, 3.63) is 11.7 Å². The molecule has 0 spiro atoms. The van der Waals surface area contributed by atoms with Crippen molar-refractivity contribution in [3.63, 3.8) is 0 Å². The standard InChI is InChI=1S/C17H28N4O3/c1-14-18-16(20-24-14)17(7-3-4-8-17)19-15(22)6-2-5-9-21-10-12-23-13-11-21/h2-13H2,1H3,(H,19,22). The number of amides is 1. The zero-order valence-corrected chi connectivity index (χ0v) is 14.6. The third kappa shape index (κ3) is 4.33. The molecule has 3 rings (SSSR count). The van der Waals surface area contributed by atoms with Crippen LogP contribution in [0.2, 0.25) is 0 Å². The van der Waals surface area contributed by atoms with Crippen molar-refractivity contribution < 1.29 is 14.1 Å². The Balaban J connectivity index is 1.44. The first-order chi connectivity index (χ1) is 11.7. The summed E-state index contributed by atoms with van der Waals surface area (Å²) in [4.78, 5) is 19.2. The quantitative estimate of drug-likeness (QED) is 0.764. The highest BCUT2D eigenvalue weighted by atomic mass is 16.5. The average Bonchev–Trinajstić information content (AvgIpc) is 3.23. The second kappa shape index (κ2) is 8.07. The molecule has 0 aromatic carbocycles. The van der Waals surface area contributed by atoms with E-state index in [0.29, 0.717) is 18.1 Å². The number of aromatic nitrogens is 2. The smallest absolute Gasteiger partial charge is 0.223 e. The molecule has 1 saturated carbocycles. The van der Waals surface area contributed by atoms with Gasteiger partial charge in [0.2, 0.25) is 11.8 Å². The monoisotopic (exact) mass is 336 g/mol. The SMILES string of the molecule is Cc1nc(C2(NC(=O)CCCCN3CCOCC3)CCCC2)no1. The van der Waals surface area contributed by atoms with E-state index in [0.717, 1.165) is 71.4 Å². The van der Waals surface area contributed by atoms with Crippen LogP contribution in [0.5, 0.6) is 0 Å². The Labute approximate surface area is 143 Å². The molecule has 134 valence electrons. The summed E-state index contributed by atoms with van der Waals surface area (Å²) in [5.41, 5.74) is -0.418. The maximum atomic E-state index is 12.4. The molecule has 0 radical (unpaired) electrons. The number of hydrogen-bond acceptors (Lipinski definition) is 6. The Kier molecular flexibility index (Phi) is 5.84. The van der Waals surface area contributed by atoms with Gasteiger partial charge in [-0.3, -0.25) is 9.69 Å². The van der Waals surface area contributed by atoms with E-state index < -0.39 is 5.54 Å². The molecule has 2 heterocycles. The van der Waals surface area contributed by atoms with Crippen molar-refractivity contribution in [2.75, 3.05) is 32.8 Å². The highest BCUT2D eigenvalue weighted by molar-refractivity contribution is 5.76. The van der Waals surface area contributed by atoms with Crippen LogP contribution in [-0.2, 0) is 15.1 Å². The van der Waals surface area contributed by atoms with E-state index in [2.05, 4.69) is 20.4 Å². The van der Waals surface area contributed by atoms with Crippen molar-refractivity contribution in [2.45, 2.75) is 57.4 Å². The van der Waals surface area contributed by atoms with Gasteiger partial charge in [-0.1, -0.05) is 18.0 Å². The van der Waals surface area contributed by atoms with Crippen molar-refractivity contribution in [1.29, 1.82) is 0 Å². The minimum atomic E-state index is -0.418. The predicted octanol–water partition coefficient (Wildman–Crippen LogP) is 1.77. The van der Waals surface area contributed by atoms with Gasteiger partial charge in [0.15, 0.2) is 5.82 Å². The van der Waals surface area contributed by atoms with E-state index in [9.17, 15) is 4.79 Å². The summed E-state index contributed by atoms with van der Waals surface area (Å²) < 4.78 is 10.5. The number of hydrogen-bond donors (Lipinski definition) is 1. The summed E-state index contributed by atoms with van der Waals surface area (Å²) in [5.74, 6) is 1.29. The Bertz CT molecular complexity index is 534. The van der Waals surface area contributed by atoms with Crippen LogP contribution in [-0.4, -0.2) is 53.8 Å². The fraction of sp³-hybridized carbons (Fsp3) is 0.824. The zero-order chi connectivity index (χ0) is 16.8. The minimum absolute atomic E-state index is 0.0985. The van der Waals surface area contributed by atoms with E-state index in [1.165, 1.54) is 0 Å². The summed E-state index contributed by atoms with van der Waals surface area (Å²) in [6, 6.07) is 0. The van der Waals surface area contributed by atoms with Crippen molar-refractivity contribution in [3.8, 4) is 0 Å². The maximum absolute atomic E-state index is 12.4. The van der Waals surface area contributed by atoms with Gasteiger partial charge in [-0.15, -0.1) is 0 Å². The highest BCUT2D eigenvalue weighted by Gasteiger charge is 2.41. The van der Waals surface area contributed by atoms with Crippen LogP contribution in [0, 0.1) is 6.92 Å². The predicted molar refractivity (Wildman–Crippen MR) is 88.4 cm³/mol. The third-order valence-corrected chi connectivity index (χ3v) is 5.02. The molecule has 1 saturated heterocycles. The van der Waals surface area contributed by atoms with Gasteiger partial charge >= 0.3 is 0 Å². The lowest BCUT2D eigenvalue weighted by Crippen LogP contribution is -2.44. The molecule has 1 aromatic rings. The normalized spacial score (nSPS) is 21.0. The van der Waals surface area contributed by atoms with Gasteiger partial charge in [-0.05, 0) is 32.2 Å². The number of carbonyl (C=O) groups is 1. The van der Waals surface area contributed by atoms with E-state index in [1.807, 2.05) is 0 Å². The average molecular weight is 336 g/mol. The number of ether oxygens (including phenoxy) is 1. The molecule has 7 nitrogen and oxygen atoms in total. The van der Waals surface area contributed by atoms with Crippen LogP contribution in [0.4, 0.5) is 0 Å².